The van der Waals surface area contributed by atoms with Crippen LogP contribution in [0.1, 0.15) is 21.6 Å². The van der Waals surface area contributed by atoms with Gasteiger partial charge in [0.05, 0.1) is 11.9 Å². The van der Waals surface area contributed by atoms with Crippen LogP contribution in [0.5, 0.6) is 0 Å². The Hall–Kier alpha value is -2.21. The molecular weight excluding hydrogens is 254 g/mol. The highest BCUT2D eigenvalue weighted by atomic mass is 16.1. The van der Waals surface area contributed by atoms with E-state index in [2.05, 4.69) is 20.7 Å². The highest BCUT2D eigenvalue weighted by Gasteiger charge is 2.10. The number of carbonyl (C=O) groups is 1. The van der Waals surface area contributed by atoms with Gasteiger partial charge in [-0.2, -0.15) is 15.4 Å². The number of carbonyl (C=O) groups excluding carboxylic acids is 1. The molecule has 2 rings (SSSR count). The molecule has 106 valence electrons. The average Bonchev–Trinajstić information content (AvgIpc) is 2.91. The maximum absolute atomic E-state index is 12.2. The number of H-pyrrole nitrogens is 1. The van der Waals surface area contributed by atoms with Crippen molar-refractivity contribution in [2.45, 2.75) is 13.0 Å². The summed E-state index contributed by atoms with van der Waals surface area (Å²) >= 11 is 0. The molecule has 0 aliphatic carbocycles. The third-order valence-electron chi connectivity index (χ3n) is 2.88. The molecule has 0 aliphatic heterocycles. The van der Waals surface area contributed by atoms with E-state index in [0.717, 1.165) is 23.4 Å². The fourth-order valence-corrected chi connectivity index (χ4v) is 1.97. The zero-order chi connectivity index (χ0) is 14.4. The Morgan fingerprint density at radius 1 is 1.35 bits per heavy atom. The smallest absolute Gasteiger partial charge is 0.251 e. The number of hydrogen-bond acceptors (Lipinski definition) is 4. The fourth-order valence-electron chi connectivity index (χ4n) is 1.97. The van der Waals surface area contributed by atoms with Crippen LogP contribution in [-0.4, -0.2) is 46.9 Å². The van der Waals surface area contributed by atoms with Gasteiger partial charge in [-0.25, -0.2) is 0 Å². The second-order valence-electron chi connectivity index (χ2n) is 4.86. The molecule has 0 saturated carbocycles. The van der Waals surface area contributed by atoms with Gasteiger partial charge in [0.2, 0.25) is 0 Å². The first-order chi connectivity index (χ1) is 9.66. The molecule has 0 aliphatic rings. The molecule has 2 aromatic rings. The number of amides is 1. The molecule has 6 nitrogen and oxygen atoms in total. The zero-order valence-electron chi connectivity index (χ0n) is 11.8. The van der Waals surface area contributed by atoms with Crippen molar-refractivity contribution in [2.75, 3.05) is 20.6 Å². The normalized spacial score (nSPS) is 10.8. The van der Waals surface area contributed by atoms with Crippen molar-refractivity contribution >= 4 is 5.91 Å². The summed E-state index contributed by atoms with van der Waals surface area (Å²) in [7, 11) is 3.97. The third kappa shape index (κ3) is 3.89. The van der Waals surface area contributed by atoms with Crippen LogP contribution in [0.15, 0.2) is 30.5 Å². The minimum atomic E-state index is -0.0501. The second kappa shape index (κ2) is 6.81. The van der Waals surface area contributed by atoms with E-state index in [-0.39, 0.29) is 5.91 Å². The summed E-state index contributed by atoms with van der Waals surface area (Å²) in [6.45, 7) is 1.29. The van der Waals surface area contributed by atoms with E-state index in [1.807, 2.05) is 43.3 Å². The van der Waals surface area contributed by atoms with E-state index >= 15 is 0 Å². The van der Waals surface area contributed by atoms with E-state index in [1.54, 1.807) is 6.20 Å². The number of hydrogen-bond donors (Lipinski definition) is 2. The maximum atomic E-state index is 12.2. The number of aromatic amines is 1. The van der Waals surface area contributed by atoms with Crippen LogP contribution in [0.4, 0.5) is 0 Å². The Labute approximate surface area is 118 Å². The van der Waals surface area contributed by atoms with Crippen LogP contribution >= 0.6 is 0 Å². The molecule has 0 saturated heterocycles. The summed E-state index contributed by atoms with van der Waals surface area (Å²) in [6, 6.07) is 7.66. The van der Waals surface area contributed by atoms with Gasteiger partial charge in [-0.15, -0.1) is 0 Å². The SMILES string of the molecule is CN(C)Cc1ccccc1C(=O)NCCc1cn[nH]n1. The molecule has 0 bridgehead atoms. The van der Waals surface area contributed by atoms with Crippen LogP contribution in [-0.2, 0) is 13.0 Å². The molecular formula is C14H19N5O. The van der Waals surface area contributed by atoms with Crippen molar-refractivity contribution in [1.82, 2.24) is 25.6 Å². The first-order valence-electron chi connectivity index (χ1n) is 6.52. The monoisotopic (exact) mass is 273 g/mol. The van der Waals surface area contributed by atoms with E-state index < -0.39 is 0 Å². The molecule has 20 heavy (non-hydrogen) atoms. The van der Waals surface area contributed by atoms with Gasteiger partial charge in [-0.1, -0.05) is 18.2 Å². The number of nitrogens with one attached hydrogen (secondary N) is 2. The van der Waals surface area contributed by atoms with E-state index in [4.69, 9.17) is 0 Å². The molecule has 2 N–H and O–H groups in total. The Balaban J connectivity index is 1.94. The summed E-state index contributed by atoms with van der Waals surface area (Å²) in [5.74, 6) is -0.0501. The van der Waals surface area contributed by atoms with Crippen molar-refractivity contribution in [3.63, 3.8) is 0 Å². The molecule has 0 spiro atoms. The van der Waals surface area contributed by atoms with Crippen LogP contribution in [0, 0.1) is 0 Å². The summed E-state index contributed by atoms with van der Waals surface area (Å²) in [6.07, 6.45) is 2.32. The lowest BCUT2D eigenvalue weighted by molar-refractivity contribution is 0.0952. The quantitative estimate of drug-likeness (QED) is 0.818. The molecule has 1 heterocycles. The third-order valence-corrected chi connectivity index (χ3v) is 2.88. The van der Waals surface area contributed by atoms with Gasteiger partial charge in [0.15, 0.2) is 0 Å². The largest absolute Gasteiger partial charge is 0.352 e. The second-order valence-corrected chi connectivity index (χ2v) is 4.86. The molecule has 0 unspecified atom stereocenters. The fraction of sp³-hybridized carbons (Fsp3) is 0.357. The molecule has 1 aromatic heterocycles. The summed E-state index contributed by atoms with van der Waals surface area (Å²) < 4.78 is 0. The molecule has 0 atom stereocenters. The van der Waals surface area contributed by atoms with Crippen molar-refractivity contribution < 1.29 is 4.79 Å². The predicted octanol–water partition coefficient (Wildman–Crippen LogP) is 0.839. The van der Waals surface area contributed by atoms with E-state index in [9.17, 15) is 4.79 Å². The van der Waals surface area contributed by atoms with Crippen molar-refractivity contribution in [3.05, 3.63) is 47.3 Å². The summed E-state index contributed by atoms with van der Waals surface area (Å²) in [4.78, 5) is 14.2. The van der Waals surface area contributed by atoms with Crippen LogP contribution in [0.25, 0.3) is 0 Å². The summed E-state index contributed by atoms with van der Waals surface area (Å²) in [5.41, 5.74) is 2.59. The van der Waals surface area contributed by atoms with Crippen LogP contribution in [0.2, 0.25) is 0 Å². The number of aromatic nitrogens is 3. The van der Waals surface area contributed by atoms with Crippen molar-refractivity contribution in [1.29, 1.82) is 0 Å². The number of rotatable bonds is 6. The first-order valence-corrected chi connectivity index (χ1v) is 6.52. The standard InChI is InChI=1S/C14H19N5O/c1-19(2)10-11-5-3-4-6-13(11)14(20)15-8-7-12-9-16-18-17-12/h3-6,9H,7-8,10H2,1-2H3,(H,15,20)(H,16,17,18). The van der Waals surface area contributed by atoms with Gasteiger partial charge in [-0.3, -0.25) is 4.79 Å². The lowest BCUT2D eigenvalue weighted by atomic mass is 10.1. The lowest BCUT2D eigenvalue weighted by Gasteiger charge is -2.13. The summed E-state index contributed by atoms with van der Waals surface area (Å²) in [5, 5.41) is 13.1. The number of nitrogens with zero attached hydrogens (tertiary/aromatic N) is 3. The minimum Gasteiger partial charge on any atom is -0.352 e. The molecule has 1 aromatic carbocycles. The highest BCUT2D eigenvalue weighted by molar-refractivity contribution is 5.95. The van der Waals surface area contributed by atoms with Gasteiger partial charge in [0, 0.05) is 25.1 Å². The molecule has 1 amide bonds. The maximum Gasteiger partial charge on any atom is 0.251 e. The van der Waals surface area contributed by atoms with Gasteiger partial charge in [-0.05, 0) is 25.7 Å². The van der Waals surface area contributed by atoms with E-state index in [1.165, 1.54) is 0 Å². The highest BCUT2D eigenvalue weighted by Crippen LogP contribution is 2.10. The van der Waals surface area contributed by atoms with Crippen LogP contribution < -0.4 is 5.32 Å². The molecule has 6 heteroatoms. The Morgan fingerprint density at radius 2 is 2.15 bits per heavy atom. The predicted molar refractivity (Wildman–Crippen MR) is 76.3 cm³/mol. The van der Waals surface area contributed by atoms with Gasteiger partial charge < -0.3 is 10.2 Å². The van der Waals surface area contributed by atoms with Gasteiger partial charge in [0.1, 0.15) is 0 Å². The minimum absolute atomic E-state index is 0.0501. The molecule has 0 radical (unpaired) electrons. The Bertz CT molecular complexity index is 550. The first kappa shape index (κ1) is 14.2. The topological polar surface area (TPSA) is 73.9 Å². The molecule has 0 fully saturated rings. The average molecular weight is 273 g/mol. The Morgan fingerprint density at radius 3 is 2.85 bits per heavy atom. The van der Waals surface area contributed by atoms with E-state index in [0.29, 0.717) is 13.0 Å². The van der Waals surface area contributed by atoms with Crippen LogP contribution in [0.3, 0.4) is 0 Å². The zero-order valence-corrected chi connectivity index (χ0v) is 11.8. The lowest BCUT2D eigenvalue weighted by Crippen LogP contribution is -2.27. The van der Waals surface area contributed by atoms with Gasteiger partial charge >= 0.3 is 0 Å². The van der Waals surface area contributed by atoms with Crippen molar-refractivity contribution in [2.24, 2.45) is 0 Å². The Kier molecular flexibility index (Phi) is 4.84. The van der Waals surface area contributed by atoms with Crippen molar-refractivity contribution in [3.8, 4) is 0 Å². The van der Waals surface area contributed by atoms with Gasteiger partial charge in [0.25, 0.3) is 5.91 Å². The number of benzene rings is 1.